The van der Waals surface area contributed by atoms with E-state index in [-0.39, 0.29) is 11.8 Å². The molecule has 1 N–H and O–H groups in total. The number of amides is 1. The molecule has 1 aliphatic heterocycles. The van der Waals surface area contributed by atoms with E-state index in [1.807, 2.05) is 42.5 Å². The van der Waals surface area contributed by atoms with Crippen LogP contribution in [0.15, 0.2) is 72.8 Å². The van der Waals surface area contributed by atoms with Crippen molar-refractivity contribution in [3.05, 3.63) is 89.7 Å². The Kier molecular flexibility index (Phi) is 7.70. The highest BCUT2D eigenvalue weighted by molar-refractivity contribution is 5.78. The predicted molar refractivity (Wildman–Crippen MR) is 145 cm³/mol. The van der Waals surface area contributed by atoms with Crippen molar-refractivity contribution in [1.29, 1.82) is 0 Å². The number of nitrogens with zero attached hydrogens (tertiary/aromatic N) is 3. The van der Waals surface area contributed by atoms with Crippen LogP contribution in [0.1, 0.15) is 29.8 Å². The molecular formula is C30H34N4O3. The van der Waals surface area contributed by atoms with Crippen molar-refractivity contribution >= 4 is 16.9 Å². The van der Waals surface area contributed by atoms with Crippen LogP contribution in [0, 0.1) is 5.92 Å². The van der Waals surface area contributed by atoms with E-state index in [9.17, 15) is 4.79 Å². The second-order valence-electron chi connectivity index (χ2n) is 9.57. The Bertz CT molecular complexity index is 1320. The molecule has 0 saturated carbocycles. The summed E-state index contributed by atoms with van der Waals surface area (Å²) < 4.78 is 12.8. The fourth-order valence-electron chi connectivity index (χ4n) is 4.97. The number of imidazole rings is 1. The van der Waals surface area contributed by atoms with Crippen LogP contribution in [-0.2, 0) is 24.4 Å². The minimum absolute atomic E-state index is 0.0487. The van der Waals surface area contributed by atoms with Gasteiger partial charge in [-0.1, -0.05) is 36.4 Å². The quantitative estimate of drug-likeness (QED) is 0.364. The minimum atomic E-state index is 0.0487. The van der Waals surface area contributed by atoms with Crippen molar-refractivity contribution < 1.29 is 14.3 Å². The number of benzene rings is 3. The van der Waals surface area contributed by atoms with Gasteiger partial charge in [-0.3, -0.25) is 9.69 Å². The summed E-state index contributed by atoms with van der Waals surface area (Å²) in [5.74, 6) is 2.92. The molecule has 0 aliphatic carbocycles. The number of carbonyl (C=O) groups is 1. The Morgan fingerprint density at radius 1 is 0.865 bits per heavy atom. The molecule has 0 bridgehead atoms. The molecule has 7 nitrogen and oxygen atoms in total. The zero-order chi connectivity index (χ0) is 25.6. The van der Waals surface area contributed by atoms with E-state index in [1.54, 1.807) is 14.2 Å². The lowest BCUT2D eigenvalue weighted by molar-refractivity contribution is -0.126. The van der Waals surface area contributed by atoms with E-state index in [1.165, 1.54) is 5.56 Å². The Morgan fingerprint density at radius 3 is 2.14 bits per heavy atom. The Morgan fingerprint density at radius 2 is 1.49 bits per heavy atom. The maximum atomic E-state index is 12.8. The molecule has 0 radical (unpaired) electrons. The Labute approximate surface area is 218 Å². The lowest BCUT2D eigenvalue weighted by Gasteiger charge is -2.31. The maximum Gasteiger partial charge on any atom is 0.223 e. The van der Waals surface area contributed by atoms with Gasteiger partial charge >= 0.3 is 0 Å². The lowest BCUT2D eigenvalue weighted by Crippen LogP contribution is -2.40. The summed E-state index contributed by atoms with van der Waals surface area (Å²) in [6.45, 7) is 3.83. The molecule has 192 valence electrons. The molecule has 5 rings (SSSR count). The molecule has 1 aliphatic rings. The molecule has 2 heterocycles. The molecule has 1 fully saturated rings. The highest BCUT2D eigenvalue weighted by Crippen LogP contribution is 2.23. The Balaban J connectivity index is 1.20. The third-order valence-corrected chi connectivity index (χ3v) is 7.18. The second kappa shape index (κ2) is 11.5. The number of rotatable bonds is 9. The van der Waals surface area contributed by atoms with Gasteiger partial charge in [0.25, 0.3) is 0 Å². The topological polar surface area (TPSA) is 68.6 Å². The molecule has 0 unspecified atom stereocenters. The molecule has 4 aromatic rings. The number of hydrogen-bond acceptors (Lipinski definition) is 5. The Hall–Kier alpha value is -3.84. The van der Waals surface area contributed by atoms with Gasteiger partial charge in [-0.05, 0) is 73.5 Å². The lowest BCUT2D eigenvalue weighted by atomic mass is 9.96. The first-order chi connectivity index (χ1) is 18.1. The van der Waals surface area contributed by atoms with Crippen LogP contribution in [0.25, 0.3) is 11.0 Å². The number of aromatic nitrogens is 2. The predicted octanol–water partition coefficient (Wildman–Crippen LogP) is 4.63. The van der Waals surface area contributed by atoms with Crippen molar-refractivity contribution in [1.82, 2.24) is 19.8 Å². The largest absolute Gasteiger partial charge is 0.497 e. The maximum absolute atomic E-state index is 12.8. The molecule has 0 spiro atoms. The highest BCUT2D eigenvalue weighted by atomic mass is 16.5. The zero-order valence-electron chi connectivity index (χ0n) is 21.5. The van der Waals surface area contributed by atoms with E-state index in [0.29, 0.717) is 6.54 Å². The average Bonchev–Trinajstić information content (AvgIpc) is 3.29. The first-order valence-corrected chi connectivity index (χ1v) is 12.8. The van der Waals surface area contributed by atoms with Gasteiger partial charge in [-0.15, -0.1) is 0 Å². The summed E-state index contributed by atoms with van der Waals surface area (Å²) in [5.41, 5.74) is 4.43. The van der Waals surface area contributed by atoms with Crippen LogP contribution in [0.4, 0.5) is 0 Å². The van der Waals surface area contributed by atoms with E-state index < -0.39 is 0 Å². The zero-order valence-corrected chi connectivity index (χ0v) is 21.5. The fraction of sp³-hybridized carbons (Fsp3) is 0.333. The number of nitrogens with one attached hydrogen (secondary N) is 1. The van der Waals surface area contributed by atoms with Crippen molar-refractivity contribution in [2.24, 2.45) is 5.92 Å². The number of methoxy groups -OCH3 is 2. The number of hydrogen-bond donors (Lipinski definition) is 1. The summed E-state index contributed by atoms with van der Waals surface area (Å²) in [4.78, 5) is 20.2. The van der Waals surface area contributed by atoms with Crippen LogP contribution < -0.4 is 14.8 Å². The van der Waals surface area contributed by atoms with Crippen molar-refractivity contribution in [3.8, 4) is 11.5 Å². The van der Waals surface area contributed by atoms with E-state index >= 15 is 0 Å². The summed E-state index contributed by atoms with van der Waals surface area (Å²) in [5, 5.41) is 3.11. The molecule has 1 aromatic heterocycles. The summed E-state index contributed by atoms with van der Waals surface area (Å²) in [7, 11) is 3.34. The molecule has 37 heavy (non-hydrogen) atoms. The molecule has 1 saturated heterocycles. The van der Waals surface area contributed by atoms with Crippen LogP contribution in [0.2, 0.25) is 0 Å². The third kappa shape index (κ3) is 5.94. The standard InChI is InChI=1S/C30H34N4O3/c1-36-25-11-7-22(8-12-25)19-31-30(35)24-15-17-33(18-16-24)21-29-32-27-5-3-4-6-28(27)34(29)20-23-9-13-26(37-2)14-10-23/h3-14,24H,15-21H2,1-2H3,(H,31,35). The SMILES string of the molecule is COc1ccc(CNC(=O)C2CCN(Cc3nc4ccccc4n3Cc3ccc(OC)cc3)CC2)cc1. The third-order valence-electron chi connectivity index (χ3n) is 7.18. The molecule has 0 atom stereocenters. The van der Waals surface area contributed by atoms with Crippen molar-refractivity contribution in [3.63, 3.8) is 0 Å². The van der Waals surface area contributed by atoms with Gasteiger partial charge in [0.05, 0.1) is 31.8 Å². The van der Waals surface area contributed by atoms with Crippen LogP contribution >= 0.6 is 0 Å². The van der Waals surface area contributed by atoms with Gasteiger partial charge < -0.3 is 19.4 Å². The number of fused-ring (bicyclic) bond motifs is 1. The smallest absolute Gasteiger partial charge is 0.223 e. The van der Waals surface area contributed by atoms with E-state index in [4.69, 9.17) is 14.5 Å². The number of carbonyl (C=O) groups excluding carboxylic acids is 1. The number of piperidine rings is 1. The second-order valence-corrected chi connectivity index (χ2v) is 9.57. The fourth-order valence-corrected chi connectivity index (χ4v) is 4.97. The van der Waals surface area contributed by atoms with Gasteiger partial charge in [-0.2, -0.15) is 0 Å². The summed E-state index contributed by atoms with van der Waals surface area (Å²) in [6, 6.07) is 24.3. The van der Waals surface area contributed by atoms with Crippen LogP contribution in [-0.4, -0.2) is 47.7 Å². The molecule has 1 amide bonds. The number of para-hydroxylation sites is 2. The van der Waals surface area contributed by atoms with E-state index in [0.717, 1.165) is 72.9 Å². The van der Waals surface area contributed by atoms with Gasteiger partial charge in [0.15, 0.2) is 0 Å². The van der Waals surface area contributed by atoms with E-state index in [2.05, 4.69) is 45.1 Å². The monoisotopic (exact) mass is 498 g/mol. The van der Waals surface area contributed by atoms with Gasteiger partial charge in [0, 0.05) is 19.0 Å². The van der Waals surface area contributed by atoms with Gasteiger partial charge in [0.2, 0.25) is 5.91 Å². The normalized spacial score (nSPS) is 14.5. The van der Waals surface area contributed by atoms with Gasteiger partial charge in [0.1, 0.15) is 17.3 Å². The molecule has 7 heteroatoms. The van der Waals surface area contributed by atoms with Crippen molar-refractivity contribution in [2.45, 2.75) is 32.5 Å². The molecular weight excluding hydrogens is 464 g/mol. The van der Waals surface area contributed by atoms with Crippen LogP contribution in [0.5, 0.6) is 11.5 Å². The average molecular weight is 499 g/mol. The minimum Gasteiger partial charge on any atom is -0.497 e. The summed E-state index contributed by atoms with van der Waals surface area (Å²) in [6.07, 6.45) is 1.71. The highest BCUT2D eigenvalue weighted by Gasteiger charge is 2.26. The number of likely N-dealkylation sites (tertiary alicyclic amines) is 1. The van der Waals surface area contributed by atoms with Crippen LogP contribution in [0.3, 0.4) is 0 Å². The van der Waals surface area contributed by atoms with Gasteiger partial charge in [-0.25, -0.2) is 4.98 Å². The first-order valence-electron chi connectivity index (χ1n) is 12.8. The molecule has 3 aromatic carbocycles. The van der Waals surface area contributed by atoms with Crippen molar-refractivity contribution in [2.75, 3.05) is 27.3 Å². The number of ether oxygens (including phenoxy) is 2. The summed E-state index contributed by atoms with van der Waals surface area (Å²) >= 11 is 0. The first kappa shape index (κ1) is 24.8.